The zero-order chi connectivity index (χ0) is 14.6. The highest BCUT2D eigenvalue weighted by Gasteiger charge is 2.16. The van der Waals surface area contributed by atoms with E-state index in [0.29, 0.717) is 12.1 Å². The Balaban J connectivity index is 2.77. The fourth-order valence-electron chi connectivity index (χ4n) is 1.42. The Morgan fingerprint density at radius 3 is 2.16 bits per heavy atom. The first-order valence-electron chi connectivity index (χ1n) is 6.18. The Bertz CT molecular complexity index is 495. The summed E-state index contributed by atoms with van der Waals surface area (Å²) in [6.45, 7) is 3.94. The molecule has 0 spiro atoms. The highest BCUT2D eigenvalue weighted by Crippen LogP contribution is 2.15. The summed E-state index contributed by atoms with van der Waals surface area (Å²) in [7, 11) is 0.309. The first kappa shape index (κ1) is 16.1. The van der Waals surface area contributed by atoms with E-state index in [1.54, 1.807) is 19.1 Å². The lowest BCUT2D eigenvalue weighted by Gasteiger charge is -2.20. The molecule has 0 aromatic heterocycles. The summed E-state index contributed by atoms with van der Waals surface area (Å²) < 4.78 is 26.7. The third-order valence-electron chi connectivity index (χ3n) is 3.12. The van der Waals surface area contributed by atoms with Crippen LogP contribution in [-0.4, -0.2) is 45.1 Å². The van der Waals surface area contributed by atoms with Crippen molar-refractivity contribution in [3.63, 3.8) is 0 Å². The average Bonchev–Trinajstić information content (AvgIpc) is 2.36. The third-order valence-corrected chi connectivity index (χ3v) is 4.56. The van der Waals surface area contributed by atoms with E-state index in [-0.39, 0.29) is 10.9 Å². The van der Waals surface area contributed by atoms with Gasteiger partial charge in [0.05, 0.1) is 11.0 Å². The van der Waals surface area contributed by atoms with E-state index in [4.69, 9.17) is 0 Å². The average molecular weight is 286 g/mol. The number of benzene rings is 1. The van der Waals surface area contributed by atoms with Crippen molar-refractivity contribution >= 4 is 10.0 Å². The van der Waals surface area contributed by atoms with Gasteiger partial charge in [0.2, 0.25) is 10.0 Å². The molecule has 0 amide bonds. The Morgan fingerprint density at radius 1 is 1.21 bits per heavy atom. The zero-order valence-electron chi connectivity index (χ0n) is 11.8. The van der Waals surface area contributed by atoms with Gasteiger partial charge in [-0.25, -0.2) is 13.1 Å². The second-order valence-corrected chi connectivity index (χ2v) is 6.68. The van der Waals surface area contributed by atoms with Crippen molar-refractivity contribution in [3.8, 4) is 0 Å². The van der Waals surface area contributed by atoms with Gasteiger partial charge in [-0.15, -0.1) is 0 Å². The predicted molar refractivity (Wildman–Crippen MR) is 75.4 cm³/mol. The standard InChI is InChI=1S/C13H22N2O3S/c1-10(15(3)4)9-14-19(17,18)13-7-5-12(6-8-13)11(2)16/h5-8,10-11,14,16H,9H2,1-4H3. The zero-order valence-corrected chi connectivity index (χ0v) is 12.6. The number of hydrogen-bond donors (Lipinski definition) is 2. The van der Waals surface area contributed by atoms with Gasteiger partial charge in [0.1, 0.15) is 0 Å². The van der Waals surface area contributed by atoms with Gasteiger partial charge in [-0.3, -0.25) is 0 Å². The molecule has 0 aliphatic heterocycles. The van der Waals surface area contributed by atoms with Crippen LogP contribution in [0.25, 0.3) is 0 Å². The van der Waals surface area contributed by atoms with Crippen molar-refractivity contribution in [1.82, 2.24) is 9.62 Å². The van der Waals surface area contributed by atoms with Gasteiger partial charge in [0.15, 0.2) is 0 Å². The number of rotatable bonds is 6. The minimum absolute atomic E-state index is 0.117. The normalized spacial score (nSPS) is 15.5. The molecule has 0 saturated carbocycles. The minimum atomic E-state index is -3.49. The fraction of sp³-hybridized carbons (Fsp3) is 0.538. The van der Waals surface area contributed by atoms with Crippen LogP contribution in [0.4, 0.5) is 0 Å². The van der Waals surface area contributed by atoms with Crippen LogP contribution in [-0.2, 0) is 10.0 Å². The highest BCUT2D eigenvalue weighted by molar-refractivity contribution is 7.89. The second kappa shape index (κ2) is 6.47. The molecule has 0 heterocycles. The quantitative estimate of drug-likeness (QED) is 0.817. The predicted octanol–water partition coefficient (Wildman–Crippen LogP) is 0.968. The molecule has 1 aromatic rings. The van der Waals surface area contributed by atoms with E-state index in [0.717, 1.165) is 0 Å². The van der Waals surface area contributed by atoms with Crippen molar-refractivity contribution in [1.29, 1.82) is 0 Å². The maximum atomic E-state index is 12.0. The number of hydrogen-bond acceptors (Lipinski definition) is 4. The largest absolute Gasteiger partial charge is 0.389 e. The molecule has 2 atom stereocenters. The Kier molecular flexibility index (Phi) is 5.49. The van der Waals surface area contributed by atoms with Crippen LogP contribution in [0, 0.1) is 0 Å². The molecule has 2 N–H and O–H groups in total. The van der Waals surface area contributed by atoms with Gasteiger partial charge >= 0.3 is 0 Å². The van der Waals surface area contributed by atoms with Crippen LogP contribution < -0.4 is 4.72 Å². The lowest BCUT2D eigenvalue weighted by Crippen LogP contribution is -2.38. The van der Waals surface area contributed by atoms with Crippen molar-refractivity contribution in [2.45, 2.75) is 30.9 Å². The van der Waals surface area contributed by atoms with Crippen LogP contribution >= 0.6 is 0 Å². The Morgan fingerprint density at radius 2 is 1.74 bits per heavy atom. The fourth-order valence-corrected chi connectivity index (χ4v) is 2.54. The number of sulfonamides is 1. The van der Waals surface area contributed by atoms with E-state index < -0.39 is 16.1 Å². The molecule has 0 aliphatic rings. The molecular weight excluding hydrogens is 264 g/mol. The summed E-state index contributed by atoms with van der Waals surface area (Å²) in [5.74, 6) is 0. The first-order chi connectivity index (χ1) is 8.74. The molecule has 0 fully saturated rings. The maximum Gasteiger partial charge on any atom is 0.240 e. The number of nitrogens with zero attached hydrogens (tertiary/aromatic N) is 1. The SMILES string of the molecule is CC(O)c1ccc(S(=O)(=O)NCC(C)N(C)C)cc1. The first-order valence-corrected chi connectivity index (χ1v) is 7.66. The van der Waals surface area contributed by atoms with E-state index in [9.17, 15) is 13.5 Å². The number of likely N-dealkylation sites (N-methyl/N-ethyl adjacent to an activating group) is 1. The molecule has 5 nitrogen and oxygen atoms in total. The summed E-state index contributed by atoms with van der Waals surface area (Å²) in [4.78, 5) is 2.15. The molecule has 0 bridgehead atoms. The minimum Gasteiger partial charge on any atom is -0.389 e. The summed E-state index contributed by atoms with van der Waals surface area (Å²) >= 11 is 0. The van der Waals surface area contributed by atoms with Gasteiger partial charge in [-0.2, -0.15) is 0 Å². The van der Waals surface area contributed by atoms with Crippen LogP contribution in [0.15, 0.2) is 29.2 Å². The lowest BCUT2D eigenvalue weighted by molar-refractivity contribution is 0.199. The summed E-state index contributed by atoms with van der Waals surface area (Å²) in [5, 5.41) is 9.38. The van der Waals surface area contributed by atoms with E-state index in [1.165, 1.54) is 12.1 Å². The van der Waals surface area contributed by atoms with E-state index >= 15 is 0 Å². The van der Waals surface area contributed by atoms with Crippen LogP contribution in [0.3, 0.4) is 0 Å². The van der Waals surface area contributed by atoms with Gasteiger partial charge in [-0.1, -0.05) is 12.1 Å². The van der Waals surface area contributed by atoms with Crippen molar-refractivity contribution in [2.75, 3.05) is 20.6 Å². The van der Waals surface area contributed by atoms with Crippen LogP contribution in [0.1, 0.15) is 25.5 Å². The number of aliphatic hydroxyl groups excluding tert-OH is 1. The maximum absolute atomic E-state index is 12.0. The van der Waals surface area contributed by atoms with Crippen molar-refractivity contribution in [3.05, 3.63) is 29.8 Å². The molecule has 6 heteroatoms. The summed E-state index contributed by atoms with van der Waals surface area (Å²) in [6, 6.07) is 6.37. The van der Waals surface area contributed by atoms with E-state index in [1.807, 2.05) is 25.9 Å². The smallest absolute Gasteiger partial charge is 0.240 e. The monoisotopic (exact) mass is 286 g/mol. The molecule has 2 unspecified atom stereocenters. The second-order valence-electron chi connectivity index (χ2n) is 4.91. The Hall–Kier alpha value is -0.950. The van der Waals surface area contributed by atoms with Crippen molar-refractivity contribution in [2.24, 2.45) is 0 Å². The molecule has 19 heavy (non-hydrogen) atoms. The summed E-state index contributed by atoms with van der Waals surface area (Å²) in [6.07, 6.45) is -0.599. The Labute approximate surface area is 115 Å². The van der Waals surface area contributed by atoms with Gasteiger partial charge in [0, 0.05) is 12.6 Å². The third kappa shape index (κ3) is 4.58. The highest BCUT2D eigenvalue weighted by atomic mass is 32.2. The molecule has 0 saturated heterocycles. The van der Waals surface area contributed by atoms with Gasteiger partial charge in [0.25, 0.3) is 0 Å². The number of nitrogens with one attached hydrogen (secondary N) is 1. The molecule has 108 valence electrons. The topological polar surface area (TPSA) is 69.6 Å². The van der Waals surface area contributed by atoms with Crippen LogP contribution in [0.2, 0.25) is 0 Å². The van der Waals surface area contributed by atoms with Gasteiger partial charge < -0.3 is 10.0 Å². The molecular formula is C13H22N2O3S. The van der Waals surface area contributed by atoms with Crippen molar-refractivity contribution < 1.29 is 13.5 Å². The number of aliphatic hydroxyl groups is 1. The molecule has 1 rings (SSSR count). The van der Waals surface area contributed by atoms with Gasteiger partial charge in [-0.05, 0) is 45.6 Å². The molecule has 1 aromatic carbocycles. The lowest BCUT2D eigenvalue weighted by atomic mass is 10.1. The molecule has 0 radical (unpaired) electrons. The summed E-state index contributed by atoms with van der Waals surface area (Å²) in [5.41, 5.74) is 0.695. The van der Waals surface area contributed by atoms with E-state index in [2.05, 4.69) is 4.72 Å². The van der Waals surface area contributed by atoms with Crippen LogP contribution in [0.5, 0.6) is 0 Å². The molecule has 0 aliphatic carbocycles.